The summed E-state index contributed by atoms with van der Waals surface area (Å²) in [7, 11) is 0. The molecule has 1 amide bonds. The second-order valence-corrected chi connectivity index (χ2v) is 3.99. The second-order valence-electron chi connectivity index (χ2n) is 3.99. The number of rotatable bonds is 4. The summed E-state index contributed by atoms with van der Waals surface area (Å²) in [6.45, 7) is 6.27. The van der Waals surface area contributed by atoms with Crippen molar-refractivity contribution in [1.29, 1.82) is 0 Å². The molecule has 0 aromatic heterocycles. The molecule has 0 aliphatic carbocycles. The fraction of sp³-hybridized carbons (Fsp3) is 0.417. The van der Waals surface area contributed by atoms with Gasteiger partial charge in [-0.1, -0.05) is 6.07 Å². The fourth-order valence-corrected chi connectivity index (χ4v) is 1.75. The summed E-state index contributed by atoms with van der Waals surface area (Å²) < 4.78 is 13.5. The van der Waals surface area contributed by atoms with E-state index in [9.17, 15) is 9.18 Å². The maximum atomic E-state index is 13.5. The third kappa shape index (κ3) is 2.74. The minimum atomic E-state index is -0.529. The molecule has 0 fully saturated rings. The Morgan fingerprint density at radius 1 is 1.53 bits per heavy atom. The van der Waals surface area contributed by atoms with Gasteiger partial charge in [0.15, 0.2) is 0 Å². The van der Waals surface area contributed by atoms with Gasteiger partial charge in [-0.05, 0) is 32.9 Å². The lowest BCUT2D eigenvalue weighted by molar-refractivity contribution is 0.0717. The zero-order valence-electron chi connectivity index (χ0n) is 10.3. The van der Waals surface area contributed by atoms with Crippen LogP contribution in [-0.4, -0.2) is 23.4 Å². The Balaban J connectivity index is 3.15. The number of hydrogen-bond donors (Lipinski definition) is 2. The number of nitrogen functional groups attached to an aromatic ring is 1. The van der Waals surface area contributed by atoms with Gasteiger partial charge in [-0.2, -0.15) is 0 Å². The van der Waals surface area contributed by atoms with Crippen LogP contribution in [0.1, 0.15) is 31.1 Å². The van der Waals surface area contributed by atoms with Gasteiger partial charge in [-0.3, -0.25) is 10.6 Å². The number of hydrogen-bond acceptors (Lipinski definition) is 3. The van der Waals surface area contributed by atoms with Crippen LogP contribution in [0.4, 0.5) is 10.1 Å². The number of benzene rings is 1. The average Bonchev–Trinajstić information content (AvgIpc) is 2.28. The predicted octanol–water partition coefficient (Wildman–Crippen LogP) is 1.98. The molecule has 5 heteroatoms. The van der Waals surface area contributed by atoms with Gasteiger partial charge < -0.3 is 10.3 Å². The molecule has 0 spiro atoms. The van der Waals surface area contributed by atoms with Gasteiger partial charge >= 0.3 is 0 Å². The first-order valence-corrected chi connectivity index (χ1v) is 5.59. The number of nitrogens with one attached hydrogen (secondary N) is 1. The van der Waals surface area contributed by atoms with E-state index >= 15 is 0 Å². The summed E-state index contributed by atoms with van der Waals surface area (Å²) in [5, 5.41) is 0. The average molecular weight is 239 g/mol. The van der Waals surface area contributed by atoms with Gasteiger partial charge in [0.05, 0.1) is 11.3 Å². The summed E-state index contributed by atoms with van der Waals surface area (Å²) >= 11 is 0. The normalized spacial score (nSPS) is 10.5. The molecule has 0 saturated heterocycles. The van der Waals surface area contributed by atoms with Gasteiger partial charge in [0.25, 0.3) is 5.91 Å². The number of halogens is 1. The van der Waals surface area contributed by atoms with E-state index in [2.05, 4.69) is 5.43 Å². The summed E-state index contributed by atoms with van der Waals surface area (Å²) in [5.74, 6) is 4.49. The van der Waals surface area contributed by atoms with Crippen LogP contribution in [0.15, 0.2) is 18.2 Å². The molecule has 1 aromatic rings. The topological polar surface area (TPSA) is 58.4 Å². The fourth-order valence-electron chi connectivity index (χ4n) is 1.75. The molecule has 4 nitrogen and oxygen atoms in total. The standard InChI is InChI=1S/C12H18FN3O/c1-4-16(8(2)3)12(17)9-6-5-7-10(13)11(9)15-14/h5-8,15H,4,14H2,1-3H3. The second kappa shape index (κ2) is 5.63. The molecular formula is C12H18FN3O. The van der Waals surface area contributed by atoms with Gasteiger partial charge in [-0.25, -0.2) is 4.39 Å². The zero-order chi connectivity index (χ0) is 13.0. The lowest BCUT2D eigenvalue weighted by Gasteiger charge is -2.26. The molecule has 0 bridgehead atoms. The summed E-state index contributed by atoms with van der Waals surface area (Å²) in [4.78, 5) is 13.9. The number of nitrogens with zero attached hydrogens (tertiary/aromatic N) is 1. The third-order valence-corrected chi connectivity index (χ3v) is 2.61. The van der Waals surface area contributed by atoms with Gasteiger partial charge in [0.1, 0.15) is 5.82 Å². The Bertz CT molecular complexity index is 407. The highest BCUT2D eigenvalue weighted by molar-refractivity contribution is 5.99. The van der Waals surface area contributed by atoms with E-state index in [1.54, 1.807) is 11.0 Å². The maximum absolute atomic E-state index is 13.5. The molecule has 0 heterocycles. The SMILES string of the molecule is CCN(C(=O)c1cccc(F)c1NN)C(C)C. The van der Waals surface area contributed by atoms with Crippen LogP contribution in [0, 0.1) is 5.82 Å². The first-order valence-electron chi connectivity index (χ1n) is 5.59. The molecule has 1 rings (SSSR count). The van der Waals surface area contributed by atoms with E-state index < -0.39 is 5.82 Å². The molecular weight excluding hydrogens is 221 g/mol. The molecule has 94 valence electrons. The minimum absolute atomic E-state index is 0.0385. The van der Waals surface area contributed by atoms with Crippen LogP contribution < -0.4 is 11.3 Å². The van der Waals surface area contributed by atoms with Crippen molar-refractivity contribution in [2.24, 2.45) is 5.84 Å². The zero-order valence-corrected chi connectivity index (χ0v) is 10.3. The molecule has 0 aliphatic heterocycles. The van der Waals surface area contributed by atoms with Crippen LogP contribution in [0.5, 0.6) is 0 Å². The van der Waals surface area contributed by atoms with Crippen molar-refractivity contribution in [3.05, 3.63) is 29.6 Å². The Labute approximate surface area is 101 Å². The number of para-hydroxylation sites is 1. The van der Waals surface area contributed by atoms with Crippen LogP contribution in [-0.2, 0) is 0 Å². The van der Waals surface area contributed by atoms with E-state index in [0.29, 0.717) is 6.54 Å². The molecule has 0 atom stereocenters. The molecule has 3 N–H and O–H groups in total. The van der Waals surface area contributed by atoms with Crippen molar-refractivity contribution in [2.75, 3.05) is 12.0 Å². The number of hydrazine groups is 1. The molecule has 0 radical (unpaired) electrons. The number of carbonyl (C=O) groups excluding carboxylic acids is 1. The van der Waals surface area contributed by atoms with E-state index in [0.717, 1.165) is 0 Å². The smallest absolute Gasteiger partial charge is 0.256 e. The molecule has 0 unspecified atom stereocenters. The minimum Gasteiger partial charge on any atom is -0.336 e. The van der Waals surface area contributed by atoms with Crippen molar-refractivity contribution >= 4 is 11.6 Å². The Hall–Kier alpha value is -1.62. The number of carbonyl (C=O) groups is 1. The number of amides is 1. The van der Waals surface area contributed by atoms with Gasteiger partial charge in [-0.15, -0.1) is 0 Å². The third-order valence-electron chi connectivity index (χ3n) is 2.61. The lowest BCUT2D eigenvalue weighted by atomic mass is 10.1. The highest BCUT2D eigenvalue weighted by atomic mass is 19.1. The van der Waals surface area contributed by atoms with Crippen LogP contribution in [0.25, 0.3) is 0 Å². The maximum Gasteiger partial charge on any atom is 0.256 e. The van der Waals surface area contributed by atoms with E-state index in [1.165, 1.54) is 12.1 Å². The first kappa shape index (κ1) is 13.4. The van der Waals surface area contributed by atoms with E-state index in [1.807, 2.05) is 20.8 Å². The van der Waals surface area contributed by atoms with Crippen molar-refractivity contribution in [2.45, 2.75) is 26.8 Å². The van der Waals surface area contributed by atoms with E-state index in [4.69, 9.17) is 5.84 Å². The quantitative estimate of drug-likeness (QED) is 0.624. The summed E-state index contributed by atoms with van der Waals surface area (Å²) in [6.07, 6.45) is 0. The van der Waals surface area contributed by atoms with Crippen LogP contribution in [0.2, 0.25) is 0 Å². The Morgan fingerprint density at radius 3 is 2.65 bits per heavy atom. The molecule has 0 aliphatic rings. The van der Waals surface area contributed by atoms with Crippen molar-refractivity contribution in [3.8, 4) is 0 Å². The largest absolute Gasteiger partial charge is 0.336 e. The predicted molar refractivity (Wildman–Crippen MR) is 66.1 cm³/mol. The Kier molecular flexibility index (Phi) is 4.45. The summed E-state index contributed by atoms with van der Waals surface area (Å²) in [6, 6.07) is 4.38. The highest BCUT2D eigenvalue weighted by Crippen LogP contribution is 2.21. The van der Waals surface area contributed by atoms with E-state index in [-0.39, 0.29) is 23.2 Å². The van der Waals surface area contributed by atoms with Gasteiger partial charge in [0, 0.05) is 12.6 Å². The van der Waals surface area contributed by atoms with Gasteiger partial charge in [0.2, 0.25) is 0 Å². The number of nitrogens with two attached hydrogens (primary N) is 1. The number of anilines is 1. The molecule has 1 aromatic carbocycles. The van der Waals surface area contributed by atoms with Crippen molar-refractivity contribution in [1.82, 2.24) is 4.90 Å². The highest BCUT2D eigenvalue weighted by Gasteiger charge is 2.21. The van der Waals surface area contributed by atoms with Crippen molar-refractivity contribution in [3.63, 3.8) is 0 Å². The molecule has 0 saturated carbocycles. The lowest BCUT2D eigenvalue weighted by Crippen LogP contribution is -2.37. The summed E-state index contributed by atoms with van der Waals surface area (Å²) in [5.41, 5.74) is 2.53. The first-order chi connectivity index (χ1) is 8.02. The van der Waals surface area contributed by atoms with Crippen molar-refractivity contribution < 1.29 is 9.18 Å². The van der Waals surface area contributed by atoms with Crippen LogP contribution >= 0.6 is 0 Å². The Morgan fingerprint density at radius 2 is 2.18 bits per heavy atom. The van der Waals surface area contributed by atoms with Crippen LogP contribution in [0.3, 0.4) is 0 Å². The monoisotopic (exact) mass is 239 g/mol. The molecule has 17 heavy (non-hydrogen) atoms.